The first-order valence-electron chi connectivity index (χ1n) is 4.37. The Morgan fingerprint density at radius 3 is 2.80 bits per heavy atom. The Bertz CT molecular complexity index is 362. The molecular weight excluding hydrogens is 220 g/mol. The van der Waals surface area contributed by atoms with Gasteiger partial charge in [0.25, 0.3) is 5.91 Å². The van der Waals surface area contributed by atoms with E-state index >= 15 is 0 Å². The van der Waals surface area contributed by atoms with Crippen LogP contribution in [-0.2, 0) is 4.79 Å². The highest BCUT2D eigenvalue weighted by Crippen LogP contribution is 2.15. The van der Waals surface area contributed by atoms with E-state index in [1.165, 1.54) is 19.4 Å². The van der Waals surface area contributed by atoms with Gasteiger partial charge in [-0.05, 0) is 17.7 Å². The number of rotatable bonds is 4. The van der Waals surface area contributed by atoms with Crippen LogP contribution in [-0.4, -0.2) is 25.4 Å². The molecule has 1 rings (SSSR count). The Morgan fingerprint density at radius 2 is 2.27 bits per heavy atom. The van der Waals surface area contributed by atoms with E-state index in [9.17, 15) is 9.59 Å². The summed E-state index contributed by atoms with van der Waals surface area (Å²) in [6.07, 6.45) is 1.56. The molecule has 0 aliphatic rings. The second kappa shape index (κ2) is 5.41. The van der Waals surface area contributed by atoms with Crippen LogP contribution in [0, 0.1) is 0 Å². The first-order valence-corrected chi connectivity index (χ1v) is 4.74. The molecule has 0 aliphatic heterocycles. The summed E-state index contributed by atoms with van der Waals surface area (Å²) in [5.74, 6) is -0.480. The Hall–Kier alpha value is -1.49. The molecule has 0 aliphatic carbocycles. The van der Waals surface area contributed by atoms with Gasteiger partial charge in [0.1, 0.15) is 0 Å². The van der Waals surface area contributed by atoms with Crippen molar-refractivity contribution in [2.24, 2.45) is 0 Å². The number of hydrogen-bond acceptors (Lipinski definition) is 3. The second-order valence-electron chi connectivity index (χ2n) is 2.79. The van der Waals surface area contributed by atoms with Gasteiger partial charge in [-0.15, -0.1) is 0 Å². The van der Waals surface area contributed by atoms with E-state index in [0.717, 1.165) is 0 Å². The molecule has 0 aromatic carbocycles. The average Bonchev–Trinajstić information content (AvgIpc) is 2.64. The molecule has 82 valence electrons. The molecule has 0 unspecified atom stereocenters. The lowest BCUT2D eigenvalue weighted by atomic mass is 10.3. The Balaban J connectivity index is 2.38. The van der Waals surface area contributed by atoms with Crippen LogP contribution in [0.15, 0.2) is 16.7 Å². The summed E-state index contributed by atoms with van der Waals surface area (Å²) in [4.78, 5) is 22.2. The van der Waals surface area contributed by atoms with Crippen molar-refractivity contribution in [3.63, 3.8) is 0 Å². The van der Waals surface area contributed by atoms with Crippen molar-refractivity contribution < 1.29 is 14.0 Å². The van der Waals surface area contributed by atoms with Crippen molar-refractivity contribution in [3.8, 4) is 0 Å². The summed E-state index contributed by atoms with van der Waals surface area (Å²) in [5, 5.41) is 5.05. The molecule has 2 N–H and O–H groups in total. The molecule has 2 amide bonds. The van der Waals surface area contributed by atoms with Gasteiger partial charge in [0, 0.05) is 20.0 Å². The molecule has 15 heavy (non-hydrogen) atoms. The first kappa shape index (κ1) is 11.6. The standard InChI is InChI=1S/C9H11ClN2O3/c1-11-7(13)2-4-12-9(14)6-3-5-15-8(6)10/h3,5H,2,4H2,1H3,(H,11,13)(H,12,14). The predicted molar refractivity (Wildman–Crippen MR) is 54.7 cm³/mol. The SMILES string of the molecule is CNC(=O)CCNC(=O)c1ccoc1Cl. The molecule has 1 heterocycles. The van der Waals surface area contributed by atoms with Crippen molar-refractivity contribution in [2.75, 3.05) is 13.6 Å². The molecule has 0 radical (unpaired) electrons. The third kappa shape index (κ3) is 3.28. The van der Waals surface area contributed by atoms with E-state index in [2.05, 4.69) is 10.6 Å². The molecule has 1 aromatic rings. The predicted octanol–water partition coefficient (Wildman–Crippen LogP) is 0.799. The summed E-state index contributed by atoms with van der Waals surface area (Å²) >= 11 is 5.60. The third-order valence-electron chi connectivity index (χ3n) is 1.78. The van der Waals surface area contributed by atoms with Gasteiger partial charge in [-0.2, -0.15) is 0 Å². The molecule has 0 saturated carbocycles. The first-order chi connectivity index (χ1) is 7.15. The van der Waals surface area contributed by atoms with E-state index < -0.39 is 0 Å². The highest BCUT2D eigenvalue weighted by atomic mass is 35.5. The van der Waals surface area contributed by atoms with Gasteiger partial charge in [-0.3, -0.25) is 9.59 Å². The molecule has 0 bridgehead atoms. The summed E-state index contributed by atoms with van der Waals surface area (Å²) < 4.78 is 4.76. The van der Waals surface area contributed by atoms with Crippen molar-refractivity contribution in [1.29, 1.82) is 0 Å². The van der Waals surface area contributed by atoms with Crippen LogP contribution in [0.5, 0.6) is 0 Å². The summed E-state index contributed by atoms with van der Waals surface area (Å²) in [7, 11) is 1.54. The van der Waals surface area contributed by atoms with E-state index in [4.69, 9.17) is 16.0 Å². The van der Waals surface area contributed by atoms with Crippen LogP contribution in [0.1, 0.15) is 16.8 Å². The van der Waals surface area contributed by atoms with Crippen molar-refractivity contribution in [1.82, 2.24) is 10.6 Å². The lowest BCUT2D eigenvalue weighted by Gasteiger charge is -2.02. The van der Waals surface area contributed by atoms with E-state index in [-0.39, 0.29) is 35.6 Å². The Labute approximate surface area is 91.8 Å². The fourth-order valence-corrected chi connectivity index (χ4v) is 1.17. The summed E-state index contributed by atoms with van der Waals surface area (Å²) in [6, 6.07) is 1.47. The van der Waals surface area contributed by atoms with E-state index in [1.807, 2.05) is 0 Å². The molecule has 0 fully saturated rings. The number of nitrogens with one attached hydrogen (secondary N) is 2. The largest absolute Gasteiger partial charge is 0.452 e. The number of amides is 2. The van der Waals surface area contributed by atoms with Gasteiger partial charge in [-0.25, -0.2) is 0 Å². The molecule has 0 spiro atoms. The average molecular weight is 231 g/mol. The Kier molecular flexibility index (Phi) is 4.17. The second-order valence-corrected chi connectivity index (χ2v) is 3.13. The molecule has 0 atom stereocenters. The number of furan rings is 1. The topological polar surface area (TPSA) is 71.3 Å². The minimum atomic E-state index is -0.349. The zero-order chi connectivity index (χ0) is 11.3. The fraction of sp³-hybridized carbons (Fsp3) is 0.333. The van der Waals surface area contributed by atoms with Crippen LogP contribution in [0.3, 0.4) is 0 Å². The number of halogens is 1. The highest BCUT2D eigenvalue weighted by molar-refractivity contribution is 6.32. The van der Waals surface area contributed by atoms with Gasteiger partial charge < -0.3 is 15.1 Å². The lowest BCUT2D eigenvalue weighted by molar-refractivity contribution is -0.120. The van der Waals surface area contributed by atoms with Crippen molar-refractivity contribution in [3.05, 3.63) is 23.1 Å². The smallest absolute Gasteiger partial charge is 0.256 e. The fourth-order valence-electron chi connectivity index (χ4n) is 0.966. The normalized spacial score (nSPS) is 9.73. The zero-order valence-corrected chi connectivity index (χ0v) is 8.93. The number of carbonyl (C=O) groups excluding carboxylic acids is 2. The monoisotopic (exact) mass is 230 g/mol. The van der Waals surface area contributed by atoms with Crippen molar-refractivity contribution in [2.45, 2.75) is 6.42 Å². The Morgan fingerprint density at radius 1 is 1.53 bits per heavy atom. The van der Waals surface area contributed by atoms with Crippen LogP contribution < -0.4 is 10.6 Å². The minimum Gasteiger partial charge on any atom is -0.452 e. The van der Waals surface area contributed by atoms with Gasteiger partial charge in [-0.1, -0.05) is 0 Å². The quantitative estimate of drug-likeness (QED) is 0.804. The lowest BCUT2D eigenvalue weighted by Crippen LogP contribution is -2.29. The van der Waals surface area contributed by atoms with Gasteiger partial charge >= 0.3 is 0 Å². The van der Waals surface area contributed by atoms with Crippen LogP contribution in [0.25, 0.3) is 0 Å². The number of carbonyl (C=O) groups is 2. The summed E-state index contributed by atoms with van der Waals surface area (Å²) in [6.45, 7) is 0.264. The molecule has 0 saturated heterocycles. The molecule has 1 aromatic heterocycles. The maximum atomic E-state index is 11.4. The van der Waals surface area contributed by atoms with E-state index in [0.29, 0.717) is 0 Å². The molecular formula is C9H11ClN2O3. The molecule has 6 heteroatoms. The van der Waals surface area contributed by atoms with Crippen LogP contribution in [0.4, 0.5) is 0 Å². The maximum absolute atomic E-state index is 11.4. The highest BCUT2D eigenvalue weighted by Gasteiger charge is 2.12. The third-order valence-corrected chi connectivity index (χ3v) is 2.07. The maximum Gasteiger partial charge on any atom is 0.256 e. The van der Waals surface area contributed by atoms with E-state index in [1.54, 1.807) is 0 Å². The van der Waals surface area contributed by atoms with Crippen LogP contribution in [0.2, 0.25) is 5.22 Å². The van der Waals surface area contributed by atoms with Gasteiger partial charge in [0.15, 0.2) is 0 Å². The van der Waals surface area contributed by atoms with Crippen LogP contribution >= 0.6 is 11.6 Å². The zero-order valence-electron chi connectivity index (χ0n) is 8.17. The molecule has 5 nitrogen and oxygen atoms in total. The van der Waals surface area contributed by atoms with Crippen molar-refractivity contribution >= 4 is 23.4 Å². The van der Waals surface area contributed by atoms with Gasteiger partial charge in [0.05, 0.1) is 11.8 Å². The van der Waals surface area contributed by atoms with Gasteiger partial charge in [0.2, 0.25) is 11.1 Å². The number of hydrogen-bond donors (Lipinski definition) is 2. The summed E-state index contributed by atoms with van der Waals surface area (Å²) in [5.41, 5.74) is 0.272. The minimum absolute atomic E-state index is 0.0486.